The highest BCUT2D eigenvalue weighted by Crippen LogP contribution is 2.61. The number of rotatable bonds is 6. The van der Waals surface area contributed by atoms with Crippen molar-refractivity contribution >= 4 is 17.5 Å². The smallest absolute Gasteiger partial charge is 0.162 e. The van der Waals surface area contributed by atoms with Crippen LogP contribution in [0.5, 0.6) is 0 Å². The van der Waals surface area contributed by atoms with Crippen LogP contribution in [0.2, 0.25) is 0 Å². The van der Waals surface area contributed by atoms with Crippen molar-refractivity contribution in [2.24, 2.45) is 0 Å². The quantitative estimate of drug-likeness (QED) is 0.420. The normalized spacial score (nSPS) is 19.9. The van der Waals surface area contributed by atoms with Gasteiger partial charge in [0.15, 0.2) is 5.78 Å². The van der Waals surface area contributed by atoms with Gasteiger partial charge in [0.2, 0.25) is 0 Å². The predicted octanol–water partition coefficient (Wildman–Crippen LogP) is 6.48. The van der Waals surface area contributed by atoms with Crippen LogP contribution in [0.1, 0.15) is 58.0 Å². The molecule has 3 aromatic rings. The highest BCUT2D eigenvalue weighted by molar-refractivity contribution is 8.01. The molecule has 1 unspecified atom stereocenters. The third kappa shape index (κ3) is 4.22. The SMILES string of the molecule is O=C(CCCN1CCC2(CC1)SC(c1ccccc1)c1ccccc12)c1ccccc1. The van der Waals surface area contributed by atoms with E-state index in [1.165, 1.54) is 24.0 Å². The molecule has 3 heteroatoms. The molecular weight excluding hydrogens is 398 g/mol. The summed E-state index contributed by atoms with van der Waals surface area (Å²) in [4.78, 5) is 14.9. The topological polar surface area (TPSA) is 20.3 Å². The molecule has 0 saturated carbocycles. The molecule has 0 amide bonds. The van der Waals surface area contributed by atoms with E-state index < -0.39 is 0 Å². The van der Waals surface area contributed by atoms with E-state index in [1.807, 2.05) is 30.3 Å². The second kappa shape index (κ2) is 9.02. The monoisotopic (exact) mass is 427 g/mol. The number of benzene rings is 3. The predicted molar refractivity (Wildman–Crippen MR) is 130 cm³/mol. The molecule has 2 aliphatic heterocycles. The second-order valence-corrected chi connectivity index (χ2v) is 10.2. The van der Waals surface area contributed by atoms with E-state index in [2.05, 4.69) is 71.3 Å². The van der Waals surface area contributed by atoms with Crippen LogP contribution in [0.3, 0.4) is 0 Å². The number of fused-ring (bicyclic) bond motifs is 2. The van der Waals surface area contributed by atoms with Crippen LogP contribution in [0.15, 0.2) is 84.9 Å². The molecule has 2 nitrogen and oxygen atoms in total. The van der Waals surface area contributed by atoms with E-state index in [1.54, 1.807) is 5.56 Å². The first-order valence-corrected chi connectivity index (χ1v) is 12.3. The lowest BCUT2D eigenvalue weighted by Gasteiger charge is -2.39. The van der Waals surface area contributed by atoms with E-state index in [0.29, 0.717) is 11.7 Å². The molecule has 2 heterocycles. The Morgan fingerprint density at radius 2 is 1.52 bits per heavy atom. The lowest BCUT2D eigenvalue weighted by molar-refractivity contribution is 0.0971. The van der Waals surface area contributed by atoms with Gasteiger partial charge in [0.05, 0.1) is 5.25 Å². The van der Waals surface area contributed by atoms with Gasteiger partial charge in [-0.25, -0.2) is 0 Å². The van der Waals surface area contributed by atoms with Crippen molar-refractivity contribution in [1.82, 2.24) is 4.90 Å². The highest BCUT2D eigenvalue weighted by Gasteiger charge is 2.46. The molecular formula is C28H29NOS. The van der Waals surface area contributed by atoms with Crippen LogP contribution >= 0.6 is 11.8 Å². The molecule has 0 aliphatic carbocycles. The maximum Gasteiger partial charge on any atom is 0.162 e. The Balaban J connectivity index is 1.21. The van der Waals surface area contributed by atoms with E-state index in [9.17, 15) is 4.79 Å². The lowest BCUT2D eigenvalue weighted by Crippen LogP contribution is -2.40. The summed E-state index contributed by atoms with van der Waals surface area (Å²) in [5.41, 5.74) is 5.30. The van der Waals surface area contributed by atoms with E-state index in [0.717, 1.165) is 31.6 Å². The Morgan fingerprint density at radius 3 is 2.26 bits per heavy atom. The Labute approximate surface area is 189 Å². The van der Waals surface area contributed by atoms with Crippen LogP contribution in [-0.4, -0.2) is 30.3 Å². The maximum atomic E-state index is 12.4. The Hall–Kier alpha value is -2.36. The van der Waals surface area contributed by atoms with Gasteiger partial charge < -0.3 is 4.90 Å². The van der Waals surface area contributed by atoms with Gasteiger partial charge >= 0.3 is 0 Å². The second-order valence-electron chi connectivity index (χ2n) is 8.72. The van der Waals surface area contributed by atoms with Crippen molar-refractivity contribution in [1.29, 1.82) is 0 Å². The molecule has 1 saturated heterocycles. The van der Waals surface area contributed by atoms with Crippen molar-refractivity contribution < 1.29 is 4.79 Å². The molecule has 0 N–H and O–H groups in total. The third-order valence-electron chi connectivity index (χ3n) is 6.82. The van der Waals surface area contributed by atoms with Crippen LogP contribution in [-0.2, 0) is 4.75 Å². The number of Topliss-reactive ketones (excluding diaryl/α,β-unsaturated/α-hetero) is 1. The summed E-state index contributed by atoms with van der Waals surface area (Å²) >= 11 is 2.16. The summed E-state index contributed by atoms with van der Waals surface area (Å²) in [6.45, 7) is 3.24. The molecule has 0 bridgehead atoms. The van der Waals surface area contributed by atoms with Crippen LogP contribution < -0.4 is 0 Å². The molecule has 31 heavy (non-hydrogen) atoms. The number of hydrogen-bond donors (Lipinski definition) is 0. The number of hydrogen-bond acceptors (Lipinski definition) is 3. The third-order valence-corrected chi connectivity index (χ3v) is 8.66. The van der Waals surface area contributed by atoms with E-state index in [-0.39, 0.29) is 10.5 Å². The summed E-state index contributed by atoms with van der Waals surface area (Å²) in [6.07, 6.45) is 3.95. The molecule has 3 aromatic carbocycles. The first-order valence-electron chi connectivity index (χ1n) is 11.4. The summed E-state index contributed by atoms with van der Waals surface area (Å²) in [5, 5.41) is 0.437. The van der Waals surface area contributed by atoms with Gasteiger partial charge in [0.1, 0.15) is 0 Å². The zero-order chi connectivity index (χ0) is 21.1. The average Bonchev–Trinajstić information content (AvgIpc) is 3.16. The van der Waals surface area contributed by atoms with Crippen molar-refractivity contribution in [2.45, 2.75) is 35.7 Å². The Kier molecular flexibility index (Phi) is 5.97. The largest absolute Gasteiger partial charge is 0.303 e. The number of carbonyl (C=O) groups is 1. The first-order chi connectivity index (χ1) is 15.3. The molecule has 0 aromatic heterocycles. The average molecular weight is 428 g/mol. The molecule has 1 atom stereocenters. The molecule has 158 valence electrons. The number of carbonyl (C=O) groups excluding carboxylic acids is 1. The Morgan fingerprint density at radius 1 is 0.871 bits per heavy atom. The van der Waals surface area contributed by atoms with Crippen molar-refractivity contribution in [2.75, 3.05) is 19.6 Å². The van der Waals surface area contributed by atoms with Crippen molar-refractivity contribution in [3.05, 3.63) is 107 Å². The van der Waals surface area contributed by atoms with E-state index >= 15 is 0 Å². The number of thioether (sulfide) groups is 1. The molecule has 0 radical (unpaired) electrons. The van der Waals surface area contributed by atoms with Crippen LogP contribution in [0.4, 0.5) is 0 Å². The lowest BCUT2D eigenvalue weighted by atomic mass is 9.84. The number of ketones is 1. The summed E-state index contributed by atoms with van der Waals surface area (Å²) < 4.78 is 0.230. The van der Waals surface area contributed by atoms with Gasteiger partial charge in [0.25, 0.3) is 0 Å². The first kappa shape index (κ1) is 20.5. The highest BCUT2D eigenvalue weighted by atomic mass is 32.2. The summed E-state index contributed by atoms with van der Waals surface area (Å²) in [5.74, 6) is 0.264. The zero-order valence-electron chi connectivity index (χ0n) is 17.9. The molecule has 2 aliphatic rings. The minimum absolute atomic E-state index is 0.230. The number of piperidine rings is 1. The Bertz CT molecular complexity index is 1030. The summed E-state index contributed by atoms with van der Waals surface area (Å²) in [6, 6.07) is 29.7. The van der Waals surface area contributed by atoms with E-state index in [4.69, 9.17) is 0 Å². The minimum Gasteiger partial charge on any atom is -0.303 e. The molecule has 1 spiro atoms. The van der Waals surface area contributed by atoms with Crippen molar-refractivity contribution in [3.8, 4) is 0 Å². The fraction of sp³-hybridized carbons (Fsp3) is 0.321. The fourth-order valence-electron chi connectivity index (χ4n) is 5.13. The maximum absolute atomic E-state index is 12.4. The molecule has 1 fully saturated rings. The van der Waals surface area contributed by atoms with Crippen LogP contribution in [0.25, 0.3) is 0 Å². The van der Waals surface area contributed by atoms with Crippen LogP contribution in [0, 0.1) is 0 Å². The van der Waals surface area contributed by atoms with Gasteiger partial charge in [-0.05, 0) is 55.6 Å². The number of likely N-dealkylation sites (tertiary alicyclic amines) is 1. The van der Waals surface area contributed by atoms with Gasteiger partial charge in [-0.15, -0.1) is 11.8 Å². The molecule has 5 rings (SSSR count). The van der Waals surface area contributed by atoms with Gasteiger partial charge in [-0.1, -0.05) is 84.9 Å². The standard InChI is InChI=1S/C28H29NOS/c30-26(22-10-3-1-4-11-22)16-9-19-29-20-17-28(18-21-29)25-15-8-7-14-24(25)27(31-28)23-12-5-2-6-13-23/h1-8,10-15,27H,9,16-21H2. The minimum atomic E-state index is 0.230. The fourth-order valence-corrected chi connectivity index (χ4v) is 6.93. The summed E-state index contributed by atoms with van der Waals surface area (Å²) in [7, 11) is 0. The van der Waals surface area contributed by atoms with Crippen molar-refractivity contribution in [3.63, 3.8) is 0 Å². The zero-order valence-corrected chi connectivity index (χ0v) is 18.7. The van der Waals surface area contributed by atoms with Gasteiger partial charge in [0, 0.05) is 16.7 Å². The van der Waals surface area contributed by atoms with Gasteiger partial charge in [-0.3, -0.25) is 4.79 Å². The van der Waals surface area contributed by atoms with Gasteiger partial charge in [-0.2, -0.15) is 0 Å². The number of nitrogens with zero attached hydrogens (tertiary/aromatic N) is 1.